The number of morpholine rings is 1. The van der Waals surface area contributed by atoms with Gasteiger partial charge in [-0.3, -0.25) is 4.79 Å². The summed E-state index contributed by atoms with van der Waals surface area (Å²) in [5, 5.41) is 0. The number of piperidine rings is 1. The van der Waals surface area contributed by atoms with Crippen LogP contribution in [0.5, 0.6) is 5.75 Å². The zero-order valence-corrected chi connectivity index (χ0v) is 15.5. The summed E-state index contributed by atoms with van der Waals surface area (Å²) in [5.74, 6) is 1.02. The Labute approximate surface area is 160 Å². The van der Waals surface area contributed by atoms with Crippen LogP contribution in [0.15, 0.2) is 54.6 Å². The van der Waals surface area contributed by atoms with Gasteiger partial charge in [-0.2, -0.15) is 0 Å². The normalized spacial score (nSPS) is 18.4. The number of carbonyl (C=O) groups is 1. The lowest BCUT2D eigenvalue weighted by Crippen LogP contribution is -2.43. The monoisotopic (exact) mass is 366 g/mol. The first-order chi connectivity index (χ1) is 13.3. The fraction of sp³-hybridized carbons (Fsp3) is 0.409. The minimum absolute atomic E-state index is 0.121. The van der Waals surface area contributed by atoms with Crippen molar-refractivity contribution in [2.75, 3.05) is 44.3 Å². The highest BCUT2D eigenvalue weighted by Gasteiger charge is 2.27. The summed E-state index contributed by atoms with van der Waals surface area (Å²) in [6.45, 7) is 4.55. The minimum Gasteiger partial charge on any atom is -0.490 e. The van der Waals surface area contributed by atoms with E-state index < -0.39 is 0 Å². The number of hydrogen-bond acceptors (Lipinski definition) is 4. The fourth-order valence-corrected chi connectivity index (χ4v) is 3.77. The van der Waals surface area contributed by atoms with Crippen molar-refractivity contribution in [2.24, 2.45) is 0 Å². The number of amides is 1. The summed E-state index contributed by atoms with van der Waals surface area (Å²) >= 11 is 0. The Hall–Kier alpha value is -2.53. The third-order valence-corrected chi connectivity index (χ3v) is 5.26. The fourth-order valence-electron chi connectivity index (χ4n) is 3.77. The van der Waals surface area contributed by atoms with Gasteiger partial charge in [0.2, 0.25) is 0 Å². The molecule has 0 bridgehead atoms. The Morgan fingerprint density at radius 2 is 1.56 bits per heavy atom. The van der Waals surface area contributed by atoms with Crippen LogP contribution in [0.25, 0.3) is 0 Å². The van der Waals surface area contributed by atoms with Crippen molar-refractivity contribution in [3.05, 3.63) is 60.2 Å². The molecule has 0 N–H and O–H groups in total. The van der Waals surface area contributed by atoms with E-state index in [1.807, 2.05) is 59.5 Å². The molecule has 5 nitrogen and oxygen atoms in total. The number of para-hydroxylation sites is 2. The van der Waals surface area contributed by atoms with Gasteiger partial charge in [-0.25, -0.2) is 0 Å². The molecule has 4 rings (SSSR count). The lowest BCUT2D eigenvalue weighted by molar-refractivity contribution is 0.0595. The zero-order chi connectivity index (χ0) is 18.5. The summed E-state index contributed by atoms with van der Waals surface area (Å²) in [4.78, 5) is 17.4. The molecule has 2 fully saturated rings. The molecule has 2 heterocycles. The standard InChI is InChI=1S/C22H26N2O3/c25-22(20-8-4-5-9-21(20)23-14-16-26-17-15-23)24-12-10-19(11-13-24)27-18-6-2-1-3-7-18/h1-9,19H,10-17H2. The van der Waals surface area contributed by atoms with Crippen LogP contribution in [0, 0.1) is 0 Å². The Bertz CT molecular complexity index is 751. The average Bonchev–Trinajstić information content (AvgIpc) is 2.75. The highest BCUT2D eigenvalue weighted by Crippen LogP contribution is 2.25. The molecule has 27 heavy (non-hydrogen) atoms. The molecular formula is C22H26N2O3. The molecule has 0 aromatic heterocycles. The highest BCUT2D eigenvalue weighted by atomic mass is 16.5. The third-order valence-electron chi connectivity index (χ3n) is 5.26. The molecule has 0 unspecified atom stereocenters. The quantitative estimate of drug-likeness (QED) is 0.833. The summed E-state index contributed by atoms with van der Waals surface area (Å²) < 4.78 is 11.5. The second-order valence-corrected chi connectivity index (χ2v) is 7.04. The number of likely N-dealkylation sites (tertiary alicyclic amines) is 1. The molecule has 1 amide bonds. The van der Waals surface area contributed by atoms with Gasteiger partial charge in [0.25, 0.3) is 5.91 Å². The van der Waals surface area contributed by atoms with Crippen LogP contribution >= 0.6 is 0 Å². The second-order valence-electron chi connectivity index (χ2n) is 7.04. The van der Waals surface area contributed by atoms with E-state index >= 15 is 0 Å². The van der Waals surface area contributed by atoms with Crippen molar-refractivity contribution >= 4 is 11.6 Å². The minimum atomic E-state index is 0.121. The predicted octanol–water partition coefficient (Wildman–Crippen LogP) is 3.21. The van der Waals surface area contributed by atoms with Crippen LogP contribution in [0.3, 0.4) is 0 Å². The van der Waals surface area contributed by atoms with Crippen LogP contribution < -0.4 is 9.64 Å². The highest BCUT2D eigenvalue weighted by molar-refractivity contribution is 5.99. The first-order valence-corrected chi connectivity index (χ1v) is 9.74. The van der Waals surface area contributed by atoms with Crippen LogP contribution in [0.4, 0.5) is 5.69 Å². The first-order valence-electron chi connectivity index (χ1n) is 9.74. The second kappa shape index (κ2) is 8.44. The number of nitrogens with zero attached hydrogens (tertiary/aromatic N) is 2. The van der Waals surface area contributed by atoms with Crippen molar-refractivity contribution in [2.45, 2.75) is 18.9 Å². The molecule has 2 aromatic carbocycles. The van der Waals surface area contributed by atoms with Crippen LogP contribution in [-0.2, 0) is 4.74 Å². The number of hydrogen-bond donors (Lipinski definition) is 0. The summed E-state index contributed by atoms with van der Waals surface area (Å²) in [6.07, 6.45) is 1.90. The summed E-state index contributed by atoms with van der Waals surface area (Å²) in [5.41, 5.74) is 1.82. The molecule has 5 heteroatoms. The average molecular weight is 366 g/mol. The largest absolute Gasteiger partial charge is 0.490 e. The van der Waals surface area contributed by atoms with Gasteiger partial charge in [-0.05, 0) is 24.3 Å². The van der Waals surface area contributed by atoms with Crippen LogP contribution in [-0.4, -0.2) is 56.3 Å². The van der Waals surface area contributed by atoms with Crippen LogP contribution in [0.1, 0.15) is 23.2 Å². The van der Waals surface area contributed by atoms with Crippen molar-refractivity contribution in [1.82, 2.24) is 4.90 Å². The first kappa shape index (κ1) is 17.9. The molecule has 0 aliphatic carbocycles. The lowest BCUT2D eigenvalue weighted by atomic mass is 10.0. The smallest absolute Gasteiger partial charge is 0.255 e. The van der Waals surface area contributed by atoms with E-state index in [2.05, 4.69) is 4.90 Å². The zero-order valence-electron chi connectivity index (χ0n) is 15.5. The van der Waals surface area contributed by atoms with Gasteiger partial charge in [0.1, 0.15) is 11.9 Å². The van der Waals surface area contributed by atoms with Gasteiger partial charge in [-0.1, -0.05) is 30.3 Å². The maximum Gasteiger partial charge on any atom is 0.255 e. The number of rotatable bonds is 4. The van der Waals surface area contributed by atoms with E-state index in [0.29, 0.717) is 13.2 Å². The Balaban J connectivity index is 1.39. The molecule has 2 aromatic rings. The topological polar surface area (TPSA) is 42.0 Å². The Kier molecular flexibility index (Phi) is 5.58. The molecule has 0 saturated carbocycles. The molecule has 2 aliphatic heterocycles. The van der Waals surface area contributed by atoms with E-state index in [1.165, 1.54) is 0 Å². The maximum atomic E-state index is 13.2. The van der Waals surface area contributed by atoms with Gasteiger partial charge in [0, 0.05) is 44.7 Å². The SMILES string of the molecule is O=C(c1ccccc1N1CCOCC1)N1CCC(Oc2ccccc2)CC1. The third kappa shape index (κ3) is 4.25. The maximum absolute atomic E-state index is 13.2. The Morgan fingerprint density at radius 1 is 0.889 bits per heavy atom. The van der Waals surface area contributed by atoms with Crippen LogP contribution in [0.2, 0.25) is 0 Å². The summed E-state index contributed by atoms with van der Waals surface area (Å²) in [6, 6.07) is 17.9. The Morgan fingerprint density at radius 3 is 2.30 bits per heavy atom. The van der Waals surface area contributed by atoms with Gasteiger partial charge in [-0.15, -0.1) is 0 Å². The lowest BCUT2D eigenvalue weighted by Gasteiger charge is -2.34. The number of benzene rings is 2. The molecule has 2 aliphatic rings. The van der Waals surface area contributed by atoms with Crippen molar-refractivity contribution in [3.8, 4) is 5.75 Å². The molecule has 0 atom stereocenters. The predicted molar refractivity (Wildman–Crippen MR) is 105 cm³/mol. The molecule has 2 saturated heterocycles. The van der Waals surface area contributed by atoms with Gasteiger partial charge >= 0.3 is 0 Å². The number of ether oxygens (including phenoxy) is 2. The van der Waals surface area contributed by atoms with Crippen molar-refractivity contribution in [3.63, 3.8) is 0 Å². The van der Waals surface area contributed by atoms with E-state index in [0.717, 1.165) is 56.0 Å². The molecule has 142 valence electrons. The molecular weight excluding hydrogens is 340 g/mol. The van der Waals surface area contributed by atoms with E-state index in [1.54, 1.807) is 0 Å². The van der Waals surface area contributed by atoms with Gasteiger partial charge in [0.05, 0.1) is 18.8 Å². The number of carbonyl (C=O) groups excluding carboxylic acids is 1. The summed E-state index contributed by atoms with van der Waals surface area (Å²) in [7, 11) is 0. The molecule has 0 spiro atoms. The number of anilines is 1. The van der Waals surface area contributed by atoms with Crippen molar-refractivity contribution < 1.29 is 14.3 Å². The molecule has 0 radical (unpaired) electrons. The van der Waals surface area contributed by atoms with E-state index in [-0.39, 0.29) is 12.0 Å². The van der Waals surface area contributed by atoms with Gasteiger partial charge < -0.3 is 19.3 Å². The van der Waals surface area contributed by atoms with E-state index in [4.69, 9.17) is 9.47 Å². The van der Waals surface area contributed by atoms with Crippen molar-refractivity contribution in [1.29, 1.82) is 0 Å². The van der Waals surface area contributed by atoms with E-state index in [9.17, 15) is 4.79 Å². The van der Waals surface area contributed by atoms with Gasteiger partial charge in [0.15, 0.2) is 0 Å².